The van der Waals surface area contributed by atoms with Crippen molar-refractivity contribution in [1.82, 2.24) is 14.8 Å². The molecular weight excluding hydrogens is 437 g/mol. The van der Waals surface area contributed by atoms with E-state index in [4.69, 9.17) is 0 Å². The fourth-order valence-electron chi connectivity index (χ4n) is 4.74. The van der Waals surface area contributed by atoms with Gasteiger partial charge in [-0.15, -0.1) is 36.2 Å². The van der Waals surface area contributed by atoms with E-state index in [0.29, 0.717) is 0 Å². The van der Waals surface area contributed by atoms with Gasteiger partial charge in [0, 0.05) is 52.3 Å². The minimum Gasteiger partial charge on any atom is -0.326 e. The van der Waals surface area contributed by atoms with Gasteiger partial charge in [0.2, 0.25) is 0 Å². The van der Waals surface area contributed by atoms with Gasteiger partial charge < -0.3 is 9.88 Å². The zero-order valence-electron chi connectivity index (χ0n) is 18.1. The van der Waals surface area contributed by atoms with Crippen LogP contribution in [0.2, 0.25) is 0 Å². The highest BCUT2D eigenvalue weighted by Crippen LogP contribution is 2.31. The molecule has 0 aliphatic carbocycles. The Hall–Kier alpha value is -0.850. The molecule has 0 atom stereocenters. The summed E-state index contributed by atoms with van der Waals surface area (Å²) in [6.07, 6.45) is 7.61. The van der Waals surface area contributed by atoms with E-state index in [1.807, 2.05) is 25.2 Å². The minimum atomic E-state index is 0. The van der Waals surface area contributed by atoms with Crippen LogP contribution >= 0.6 is 36.2 Å². The number of pyridine rings is 1. The van der Waals surface area contributed by atoms with E-state index in [1.54, 1.807) is 0 Å². The topological polar surface area (TPSA) is 39.3 Å². The zero-order valence-corrected chi connectivity index (χ0v) is 20.6. The van der Waals surface area contributed by atoms with Crippen molar-refractivity contribution < 1.29 is 0 Å². The second kappa shape index (κ2) is 11.7. The Morgan fingerprint density at radius 2 is 1.77 bits per heavy atom. The number of aromatic nitrogens is 1. The number of hydrogen-bond acceptors (Lipinski definition) is 4. The first-order valence-corrected chi connectivity index (χ1v) is 11.7. The molecule has 0 aromatic carbocycles. The van der Waals surface area contributed by atoms with E-state index in [9.17, 15) is 4.79 Å². The van der Waals surface area contributed by atoms with Gasteiger partial charge >= 0.3 is 0 Å². The molecule has 4 rings (SSSR count). The first-order valence-electron chi connectivity index (χ1n) is 10.9. The van der Waals surface area contributed by atoms with E-state index in [2.05, 4.69) is 33.0 Å². The van der Waals surface area contributed by atoms with Gasteiger partial charge in [0.15, 0.2) is 0 Å². The van der Waals surface area contributed by atoms with Gasteiger partial charge in [-0.2, -0.15) is 0 Å². The van der Waals surface area contributed by atoms with Gasteiger partial charge in [0.25, 0.3) is 5.56 Å². The van der Waals surface area contributed by atoms with Crippen LogP contribution in [0.4, 0.5) is 0 Å². The van der Waals surface area contributed by atoms with Crippen LogP contribution in [-0.4, -0.2) is 47.0 Å². The number of piperidine rings is 2. The summed E-state index contributed by atoms with van der Waals surface area (Å²) in [6.45, 7) is 10.2. The Morgan fingerprint density at radius 3 is 2.43 bits per heavy atom. The van der Waals surface area contributed by atoms with Gasteiger partial charge in [-0.3, -0.25) is 9.69 Å². The molecule has 0 spiro atoms. The molecule has 2 aromatic rings. The number of aromatic amines is 1. The first-order chi connectivity index (χ1) is 13.6. The molecule has 0 unspecified atom stereocenters. The van der Waals surface area contributed by atoms with Crippen molar-refractivity contribution in [2.24, 2.45) is 0 Å². The van der Waals surface area contributed by atoms with Crippen molar-refractivity contribution in [3.05, 3.63) is 44.7 Å². The molecule has 168 valence electrons. The van der Waals surface area contributed by atoms with Crippen molar-refractivity contribution in [2.45, 2.75) is 65.0 Å². The number of halogens is 2. The lowest BCUT2D eigenvalue weighted by Crippen LogP contribution is -2.46. The lowest BCUT2D eigenvalue weighted by molar-refractivity contribution is 0.0901. The van der Waals surface area contributed by atoms with Crippen LogP contribution < -0.4 is 5.56 Å². The number of aryl methyl sites for hydroxylation is 2. The maximum absolute atomic E-state index is 12.0. The Balaban J connectivity index is 0.00000160. The predicted molar refractivity (Wildman–Crippen MR) is 133 cm³/mol. The summed E-state index contributed by atoms with van der Waals surface area (Å²) in [6, 6.07) is 7.38. The van der Waals surface area contributed by atoms with Crippen molar-refractivity contribution in [2.75, 3.05) is 26.2 Å². The molecule has 2 fully saturated rings. The van der Waals surface area contributed by atoms with Crippen LogP contribution in [-0.2, 0) is 13.0 Å². The highest BCUT2D eigenvalue weighted by atomic mass is 35.5. The Kier molecular flexibility index (Phi) is 9.89. The van der Waals surface area contributed by atoms with Crippen LogP contribution in [0.15, 0.2) is 23.0 Å². The van der Waals surface area contributed by atoms with Gasteiger partial charge in [-0.25, -0.2) is 0 Å². The highest BCUT2D eigenvalue weighted by molar-refractivity contribution is 7.15. The summed E-state index contributed by atoms with van der Waals surface area (Å²) in [5.74, 6) is 0. The average Bonchev–Trinajstić information content (AvgIpc) is 3.17. The van der Waals surface area contributed by atoms with Crippen molar-refractivity contribution in [3.8, 4) is 10.4 Å². The van der Waals surface area contributed by atoms with E-state index >= 15 is 0 Å². The summed E-state index contributed by atoms with van der Waals surface area (Å²) in [5, 5.41) is 0. The van der Waals surface area contributed by atoms with Gasteiger partial charge in [-0.1, -0.05) is 13.3 Å². The maximum atomic E-state index is 12.0. The van der Waals surface area contributed by atoms with Crippen LogP contribution in [0.25, 0.3) is 10.4 Å². The van der Waals surface area contributed by atoms with Gasteiger partial charge in [-0.05, 0) is 70.3 Å². The predicted octanol–water partition coefficient (Wildman–Crippen LogP) is 5.27. The third-order valence-corrected chi connectivity index (χ3v) is 7.57. The molecule has 0 saturated carbocycles. The highest BCUT2D eigenvalue weighted by Gasteiger charge is 2.25. The number of nitrogens with one attached hydrogen (secondary N) is 1. The molecule has 0 radical (unpaired) electrons. The Labute approximate surface area is 196 Å². The second-order valence-corrected chi connectivity index (χ2v) is 9.55. The van der Waals surface area contributed by atoms with E-state index < -0.39 is 0 Å². The largest absolute Gasteiger partial charge is 0.326 e. The lowest BCUT2D eigenvalue weighted by Gasteiger charge is -2.40. The monoisotopic (exact) mass is 471 g/mol. The molecule has 2 aliphatic rings. The molecule has 1 N–H and O–H groups in total. The molecule has 30 heavy (non-hydrogen) atoms. The van der Waals surface area contributed by atoms with E-state index in [1.165, 1.54) is 73.6 Å². The third-order valence-electron chi connectivity index (χ3n) is 6.47. The molecule has 0 bridgehead atoms. The fourth-order valence-corrected chi connectivity index (χ4v) is 5.86. The number of nitrogens with zero attached hydrogens (tertiary/aromatic N) is 2. The summed E-state index contributed by atoms with van der Waals surface area (Å²) < 4.78 is 0. The summed E-state index contributed by atoms with van der Waals surface area (Å²) in [5.41, 5.74) is 3.07. The number of hydrogen-bond donors (Lipinski definition) is 1. The SMILES string of the molecule is CCc1cc(-c2ccc(CN3CCC(N4CCCCC4)CC3)s2)c(C)[nH]c1=O.Cl.Cl. The van der Waals surface area contributed by atoms with Crippen LogP contribution in [0.5, 0.6) is 0 Å². The standard InChI is InChI=1S/C23H33N3OS.2ClH/c1-3-18-15-21(17(2)24-23(18)27)22-8-7-20(28-22)16-25-13-9-19(10-14-25)26-11-5-4-6-12-26;;/h7-8,15,19H,3-6,9-14,16H2,1-2H3,(H,24,27);2*1H. The number of thiophene rings is 1. The molecular formula is C23H35Cl2N3OS. The Bertz CT molecular complexity index is 852. The number of H-pyrrole nitrogens is 1. The molecule has 2 aliphatic heterocycles. The van der Waals surface area contributed by atoms with Crippen molar-refractivity contribution >= 4 is 36.2 Å². The molecule has 2 saturated heterocycles. The molecule has 2 aromatic heterocycles. The second-order valence-electron chi connectivity index (χ2n) is 8.39. The van der Waals surface area contributed by atoms with Crippen LogP contribution in [0, 0.1) is 6.92 Å². The van der Waals surface area contributed by atoms with Crippen molar-refractivity contribution in [3.63, 3.8) is 0 Å². The summed E-state index contributed by atoms with van der Waals surface area (Å²) >= 11 is 1.87. The first kappa shape index (κ1) is 25.4. The van der Waals surface area contributed by atoms with Crippen LogP contribution in [0.1, 0.15) is 55.2 Å². The third kappa shape index (κ3) is 5.89. The van der Waals surface area contributed by atoms with E-state index in [0.717, 1.165) is 30.3 Å². The quantitative estimate of drug-likeness (QED) is 0.645. The van der Waals surface area contributed by atoms with Gasteiger partial charge in [0.1, 0.15) is 0 Å². The molecule has 0 amide bonds. The van der Waals surface area contributed by atoms with Crippen LogP contribution in [0.3, 0.4) is 0 Å². The van der Waals surface area contributed by atoms with Crippen molar-refractivity contribution in [1.29, 1.82) is 0 Å². The van der Waals surface area contributed by atoms with E-state index in [-0.39, 0.29) is 30.4 Å². The fraction of sp³-hybridized carbons (Fsp3) is 0.609. The molecule has 4 heterocycles. The summed E-state index contributed by atoms with van der Waals surface area (Å²) in [7, 11) is 0. The smallest absolute Gasteiger partial charge is 0.251 e. The molecule has 7 heteroatoms. The van der Waals surface area contributed by atoms with Gasteiger partial charge in [0.05, 0.1) is 0 Å². The lowest BCUT2D eigenvalue weighted by atomic mass is 10.00. The minimum absolute atomic E-state index is 0. The maximum Gasteiger partial charge on any atom is 0.251 e. The summed E-state index contributed by atoms with van der Waals surface area (Å²) in [4.78, 5) is 23.1. The average molecular weight is 473 g/mol. The normalized spacial score (nSPS) is 18.6. The number of rotatable bonds is 5. The molecule has 4 nitrogen and oxygen atoms in total. The zero-order chi connectivity index (χ0) is 19.5. The number of likely N-dealkylation sites (tertiary alicyclic amines) is 2. The Morgan fingerprint density at radius 1 is 1.07 bits per heavy atom.